The third-order valence-corrected chi connectivity index (χ3v) is 3.43. The van der Waals surface area contributed by atoms with Crippen molar-refractivity contribution >= 4 is 0 Å². The zero-order valence-corrected chi connectivity index (χ0v) is 11.1. The van der Waals surface area contributed by atoms with Gasteiger partial charge in [0.25, 0.3) is 0 Å². The van der Waals surface area contributed by atoms with Gasteiger partial charge in [-0.1, -0.05) is 66.2 Å². The van der Waals surface area contributed by atoms with Crippen LogP contribution in [-0.4, -0.2) is 11.2 Å². The lowest BCUT2D eigenvalue weighted by Crippen LogP contribution is -2.14. The molecule has 0 aliphatic carbocycles. The first-order valence-corrected chi connectivity index (χ1v) is 6.79. The number of unbranched alkanes of at least 4 members (excludes halogenated alkanes) is 1. The molecule has 0 amide bonds. The molecule has 0 rings (SSSR count). The van der Waals surface area contributed by atoms with E-state index in [1.807, 2.05) is 0 Å². The molecule has 0 aliphatic heterocycles. The molecular weight excluding hydrogens is 184 g/mol. The minimum absolute atomic E-state index is 0.0892. The van der Waals surface area contributed by atoms with Gasteiger partial charge in [-0.2, -0.15) is 0 Å². The highest BCUT2D eigenvalue weighted by Gasteiger charge is 2.10. The molecule has 0 heterocycles. The highest BCUT2D eigenvalue weighted by molar-refractivity contribution is 4.63. The second-order valence-electron chi connectivity index (χ2n) is 5.16. The molecule has 0 bridgehead atoms. The van der Waals surface area contributed by atoms with E-state index in [-0.39, 0.29) is 6.10 Å². The predicted octanol–water partition coefficient (Wildman–Crippen LogP) is 4.39. The standard InChI is InChI=1S/C14H30O/c1-5-7-9-13(6-2)10-8-11-14(15)12(3)4/h12-15H,5-11H2,1-4H3. The highest BCUT2D eigenvalue weighted by Crippen LogP contribution is 2.20. The first-order valence-electron chi connectivity index (χ1n) is 6.79. The van der Waals surface area contributed by atoms with Gasteiger partial charge in [0.1, 0.15) is 0 Å². The molecule has 0 aliphatic rings. The maximum absolute atomic E-state index is 9.69. The third kappa shape index (κ3) is 7.84. The van der Waals surface area contributed by atoms with E-state index in [1.165, 1.54) is 38.5 Å². The molecule has 0 radical (unpaired) electrons. The number of hydrogen-bond acceptors (Lipinski definition) is 1. The van der Waals surface area contributed by atoms with Gasteiger partial charge in [0.15, 0.2) is 0 Å². The van der Waals surface area contributed by atoms with Gasteiger partial charge in [-0.15, -0.1) is 0 Å². The van der Waals surface area contributed by atoms with E-state index in [1.54, 1.807) is 0 Å². The Morgan fingerprint density at radius 1 is 0.933 bits per heavy atom. The maximum Gasteiger partial charge on any atom is 0.0563 e. The van der Waals surface area contributed by atoms with Crippen molar-refractivity contribution in [3.05, 3.63) is 0 Å². The van der Waals surface area contributed by atoms with Crippen molar-refractivity contribution in [2.75, 3.05) is 0 Å². The van der Waals surface area contributed by atoms with Crippen LogP contribution in [0.2, 0.25) is 0 Å². The van der Waals surface area contributed by atoms with Crippen LogP contribution in [0.25, 0.3) is 0 Å². The minimum Gasteiger partial charge on any atom is -0.393 e. The first kappa shape index (κ1) is 15.0. The van der Waals surface area contributed by atoms with Gasteiger partial charge in [0.2, 0.25) is 0 Å². The Labute approximate surface area is 96.3 Å². The largest absolute Gasteiger partial charge is 0.393 e. The van der Waals surface area contributed by atoms with Crippen LogP contribution in [0.5, 0.6) is 0 Å². The highest BCUT2D eigenvalue weighted by atomic mass is 16.3. The van der Waals surface area contributed by atoms with E-state index in [2.05, 4.69) is 27.7 Å². The van der Waals surface area contributed by atoms with Crippen LogP contribution in [0.1, 0.15) is 72.6 Å². The average molecular weight is 214 g/mol. The van der Waals surface area contributed by atoms with E-state index in [0.29, 0.717) is 5.92 Å². The molecule has 92 valence electrons. The fraction of sp³-hybridized carbons (Fsp3) is 1.00. The molecule has 0 saturated heterocycles. The lowest BCUT2D eigenvalue weighted by Gasteiger charge is -2.17. The average Bonchev–Trinajstić information content (AvgIpc) is 2.22. The van der Waals surface area contributed by atoms with E-state index in [4.69, 9.17) is 0 Å². The van der Waals surface area contributed by atoms with Gasteiger partial charge in [-0.25, -0.2) is 0 Å². The molecule has 2 atom stereocenters. The Hall–Kier alpha value is -0.0400. The van der Waals surface area contributed by atoms with Crippen LogP contribution < -0.4 is 0 Å². The summed E-state index contributed by atoms with van der Waals surface area (Å²) in [5.41, 5.74) is 0. The third-order valence-electron chi connectivity index (χ3n) is 3.43. The molecule has 0 aromatic carbocycles. The second kappa shape index (κ2) is 9.21. The van der Waals surface area contributed by atoms with Crippen molar-refractivity contribution < 1.29 is 5.11 Å². The number of hydrogen-bond donors (Lipinski definition) is 1. The molecule has 2 unspecified atom stereocenters. The fourth-order valence-electron chi connectivity index (χ4n) is 1.99. The van der Waals surface area contributed by atoms with Gasteiger partial charge in [0, 0.05) is 0 Å². The SMILES string of the molecule is CCCCC(CC)CCCC(O)C(C)C. The summed E-state index contributed by atoms with van der Waals surface area (Å²) in [7, 11) is 0. The summed E-state index contributed by atoms with van der Waals surface area (Å²) in [5.74, 6) is 1.31. The summed E-state index contributed by atoms with van der Waals surface area (Å²) in [4.78, 5) is 0. The van der Waals surface area contributed by atoms with Crippen molar-refractivity contribution in [3.8, 4) is 0 Å². The maximum atomic E-state index is 9.69. The normalized spacial score (nSPS) is 15.6. The van der Waals surface area contributed by atoms with Crippen LogP contribution >= 0.6 is 0 Å². The van der Waals surface area contributed by atoms with Gasteiger partial charge in [0.05, 0.1) is 6.10 Å². The predicted molar refractivity (Wildman–Crippen MR) is 68.0 cm³/mol. The number of aliphatic hydroxyl groups excluding tert-OH is 1. The van der Waals surface area contributed by atoms with Crippen molar-refractivity contribution in [2.24, 2.45) is 11.8 Å². The summed E-state index contributed by atoms with van der Waals surface area (Å²) in [6, 6.07) is 0. The van der Waals surface area contributed by atoms with Crippen LogP contribution in [-0.2, 0) is 0 Å². The Morgan fingerprint density at radius 3 is 2.00 bits per heavy atom. The number of rotatable bonds is 9. The molecule has 1 nitrogen and oxygen atoms in total. The monoisotopic (exact) mass is 214 g/mol. The van der Waals surface area contributed by atoms with Crippen LogP contribution in [0.3, 0.4) is 0 Å². The van der Waals surface area contributed by atoms with Crippen LogP contribution in [0, 0.1) is 11.8 Å². The van der Waals surface area contributed by atoms with E-state index < -0.39 is 0 Å². The lowest BCUT2D eigenvalue weighted by atomic mass is 9.91. The van der Waals surface area contributed by atoms with E-state index in [9.17, 15) is 5.11 Å². The topological polar surface area (TPSA) is 20.2 Å². The quantitative estimate of drug-likeness (QED) is 0.603. The van der Waals surface area contributed by atoms with Crippen molar-refractivity contribution in [2.45, 2.75) is 78.7 Å². The zero-order chi connectivity index (χ0) is 11.7. The second-order valence-corrected chi connectivity index (χ2v) is 5.16. The van der Waals surface area contributed by atoms with E-state index in [0.717, 1.165) is 12.3 Å². The molecule has 1 N–H and O–H groups in total. The zero-order valence-electron chi connectivity index (χ0n) is 11.1. The summed E-state index contributed by atoms with van der Waals surface area (Å²) in [6.07, 6.45) is 8.76. The summed E-state index contributed by atoms with van der Waals surface area (Å²) in [6.45, 7) is 8.74. The van der Waals surface area contributed by atoms with Crippen molar-refractivity contribution in [3.63, 3.8) is 0 Å². The summed E-state index contributed by atoms with van der Waals surface area (Å²) in [5, 5.41) is 9.69. The molecule has 0 aromatic rings. The minimum atomic E-state index is -0.0892. The molecule has 0 aromatic heterocycles. The summed E-state index contributed by atoms with van der Waals surface area (Å²) >= 11 is 0. The van der Waals surface area contributed by atoms with Crippen LogP contribution in [0.4, 0.5) is 0 Å². The first-order chi connectivity index (χ1) is 7.11. The van der Waals surface area contributed by atoms with Gasteiger partial charge in [-0.05, 0) is 18.3 Å². The Morgan fingerprint density at radius 2 is 1.53 bits per heavy atom. The van der Waals surface area contributed by atoms with Crippen LogP contribution in [0.15, 0.2) is 0 Å². The fourth-order valence-corrected chi connectivity index (χ4v) is 1.99. The molecule has 0 fully saturated rings. The Balaban J connectivity index is 3.53. The van der Waals surface area contributed by atoms with Crippen molar-refractivity contribution in [1.82, 2.24) is 0 Å². The lowest BCUT2D eigenvalue weighted by molar-refractivity contribution is 0.111. The van der Waals surface area contributed by atoms with Gasteiger partial charge >= 0.3 is 0 Å². The van der Waals surface area contributed by atoms with Crippen molar-refractivity contribution in [1.29, 1.82) is 0 Å². The molecule has 1 heteroatoms. The molecule has 0 saturated carbocycles. The van der Waals surface area contributed by atoms with Gasteiger partial charge < -0.3 is 5.11 Å². The summed E-state index contributed by atoms with van der Waals surface area (Å²) < 4.78 is 0. The number of aliphatic hydroxyl groups is 1. The molecular formula is C14H30O. The van der Waals surface area contributed by atoms with Gasteiger partial charge in [-0.3, -0.25) is 0 Å². The Bertz CT molecular complexity index is 131. The molecule has 15 heavy (non-hydrogen) atoms. The molecule has 0 spiro atoms. The Kier molecular flexibility index (Phi) is 9.18. The van der Waals surface area contributed by atoms with E-state index >= 15 is 0 Å². The smallest absolute Gasteiger partial charge is 0.0563 e.